The highest BCUT2D eigenvalue weighted by molar-refractivity contribution is 4.79. The Kier molecular flexibility index (Phi) is 9.02. The molecule has 98 valence electrons. The van der Waals surface area contributed by atoms with E-state index in [0.717, 1.165) is 5.92 Å². The van der Waals surface area contributed by atoms with Crippen molar-refractivity contribution in [2.45, 2.75) is 72.6 Å². The molecule has 2 atom stereocenters. The molecule has 1 nitrogen and oxygen atoms in total. The van der Waals surface area contributed by atoms with E-state index in [1.807, 2.05) is 0 Å². The summed E-state index contributed by atoms with van der Waals surface area (Å²) in [7, 11) is 2.08. The van der Waals surface area contributed by atoms with E-state index in [1.165, 1.54) is 51.5 Å². The summed E-state index contributed by atoms with van der Waals surface area (Å²) in [6, 6.07) is 0. The van der Waals surface area contributed by atoms with Crippen molar-refractivity contribution in [3.05, 3.63) is 0 Å². The van der Waals surface area contributed by atoms with Gasteiger partial charge < -0.3 is 5.32 Å². The van der Waals surface area contributed by atoms with E-state index in [-0.39, 0.29) is 0 Å². The monoisotopic (exact) mass is 227 g/mol. The summed E-state index contributed by atoms with van der Waals surface area (Å²) in [4.78, 5) is 0. The highest BCUT2D eigenvalue weighted by atomic mass is 14.8. The van der Waals surface area contributed by atoms with Gasteiger partial charge in [-0.05, 0) is 31.2 Å². The molecule has 0 saturated heterocycles. The second-order valence-corrected chi connectivity index (χ2v) is 5.71. The molecule has 0 aliphatic heterocycles. The predicted molar refractivity (Wildman–Crippen MR) is 74.9 cm³/mol. The van der Waals surface area contributed by atoms with Crippen LogP contribution >= 0.6 is 0 Å². The summed E-state index contributed by atoms with van der Waals surface area (Å²) in [6.07, 6.45) is 9.59. The SMILES string of the molecule is CCCCC(CC)CC(C)(CCC)CNC. The predicted octanol–water partition coefficient (Wildman–Crippen LogP) is 4.62. The Labute approximate surface area is 103 Å². The van der Waals surface area contributed by atoms with Crippen molar-refractivity contribution in [3.63, 3.8) is 0 Å². The number of hydrogen-bond donors (Lipinski definition) is 1. The van der Waals surface area contributed by atoms with Gasteiger partial charge in [-0.2, -0.15) is 0 Å². The van der Waals surface area contributed by atoms with Gasteiger partial charge in [0.25, 0.3) is 0 Å². The van der Waals surface area contributed by atoms with Gasteiger partial charge in [0, 0.05) is 6.54 Å². The van der Waals surface area contributed by atoms with Gasteiger partial charge in [0.1, 0.15) is 0 Å². The highest BCUT2D eigenvalue weighted by Gasteiger charge is 2.25. The molecule has 0 bridgehead atoms. The van der Waals surface area contributed by atoms with Crippen LogP contribution in [0, 0.1) is 11.3 Å². The average molecular weight is 227 g/mol. The molecule has 0 saturated carbocycles. The fourth-order valence-corrected chi connectivity index (χ4v) is 2.93. The molecule has 1 N–H and O–H groups in total. The maximum atomic E-state index is 3.38. The summed E-state index contributed by atoms with van der Waals surface area (Å²) in [6.45, 7) is 10.6. The van der Waals surface area contributed by atoms with Crippen LogP contribution in [0.5, 0.6) is 0 Å². The van der Waals surface area contributed by atoms with Crippen LogP contribution in [0.2, 0.25) is 0 Å². The molecule has 0 aliphatic rings. The molecular formula is C15H33N. The van der Waals surface area contributed by atoms with Crippen LogP contribution in [0.25, 0.3) is 0 Å². The van der Waals surface area contributed by atoms with Gasteiger partial charge in [0.2, 0.25) is 0 Å². The second-order valence-electron chi connectivity index (χ2n) is 5.71. The molecule has 0 spiro atoms. The maximum Gasteiger partial charge on any atom is 0.000226 e. The normalized spacial score (nSPS) is 17.1. The van der Waals surface area contributed by atoms with Gasteiger partial charge in [0.15, 0.2) is 0 Å². The van der Waals surface area contributed by atoms with Crippen LogP contribution < -0.4 is 5.32 Å². The topological polar surface area (TPSA) is 12.0 Å². The van der Waals surface area contributed by atoms with Gasteiger partial charge in [-0.3, -0.25) is 0 Å². The molecule has 0 amide bonds. The first kappa shape index (κ1) is 16.0. The fraction of sp³-hybridized carbons (Fsp3) is 1.00. The zero-order valence-corrected chi connectivity index (χ0v) is 12.2. The van der Waals surface area contributed by atoms with Crippen LogP contribution in [0.1, 0.15) is 72.6 Å². The molecule has 0 aliphatic carbocycles. The fourth-order valence-electron chi connectivity index (χ4n) is 2.93. The molecule has 0 aromatic carbocycles. The van der Waals surface area contributed by atoms with E-state index in [4.69, 9.17) is 0 Å². The third kappa shape index (κ3) is 6.52. The maximum absolute atomic E-state index is 3.38. The van der Waals surface area contributed by atoms with Crippen molar-refractivity contribution in [2.75, 3.05) is 13.6 Å². The van der Waals surface area contributed by atoms with Crippen molar-refractivity contribution < 1.29 is 0 Å². The summed E-state index contributed by atoms with van der Waals surface area (Å²) >= 11 is 0. The molecule has 2 unspecified atom stereocenters. The third-order valence-electron chi connectivity index (χ3n) is 3.78. The minimum absolute atomic E-state index is 0.512. The zero-order valence-electron chi connectivity index (χ0n) is 12.2. The Morgan fingerprint density at radius 3 is 2.25 bits per heavy atom. The van der Waals surface area contributed by atoms with Crippen molar-refractivity contribution >= 4 is 0 Å². The minimum Gasteiger partial charge on any atom is -0.319 e. The van der Waals surface area contributed by atoms with Gasteiger partial charge in [-0.1, -0.05) is 59.8 Å². The molecule has 0 heterocycles. The third-order valence-corrected chi connectivity index (χ3v) is 3.78. The van der Waals surface area contributed by atoms with Crippen LogP contribution in [-0.2, 0) is 0 Å². The average Bonchev–Trinajstić information content (AvgIpc) is 2.25. The Morgan fingerprint density at radius 1 is 1.12 bits per heavy atom. The zero-order chi connectivity index (χ0) is 12.4. The number of rotatable bonds is 10. The minimum atomic E-state index is 0.512. The van der Waals surface area contributed by atoms with Gasteiger partial charge in [-0.25, -0.2) is 0 Å². The smallest absolute Gasteiger partial charge is 0.000226 e. The molecule has 0 fully saturated rings. The molecule has 1 heteroatoms. The van der Waals surface area contributed by atoms with Crippen LogP contribution in [0.3, 0.4) is 0 Å². The first-order valence-electron chi connectivity index (χ1n) is 7.26. The number of unbranched alkanes of at least 4 members (excludes halogenated alkanes) is 1. The lowest BCUT2D eigenvalue weighted by atomic mass is 9.75. The van der Waals surface area contributed by atoms with Crippen molar-refractivity contribution in [2.24, 2.45) is 11.3 Å². The molecule has 0 aromatic heterocycles. The van der Waals surface area contributed by atoms with Crippen LogP contribution in [0.15, 0.2) is 0 Å². The van der Waals surface area contributed by atoms with Crippen LogP contribution in [0.4, 0.5) is 0 Å². The lowest BCUT2D eigenvalue weighted by Crippen LogP contribution is -2.31. The summed E-state index contributed by atoms with van der Waals surface area (Å²) in [5.41, 5.74) is 0.512. The van der Waals surface area contributed by atoms with E-state index < -0.39 is 0 Å². The lowest BCUT2D eigenvalue weighted by molar-refractivity contribution is 0.203. The molecule has 16 heavy (non-hydrogen) atoms. The second kappa shape index (κ2) is 9.04. The van der Waals surface area contributed by atoms with Crippen molar-refractivity contribution in [1.29, 1.82) is 0 Å². The van der Waals surface area contributed by atoms with Crippen molar-refractivity contribution in [1.82, 2.24) is 5.32 Å². The van der Waals surface area contributed by atoms with E-state index in [1.54, 1.807) is 0 Å². The highest BCUT2D eigenvalue weighted by Crippen LogP contribution is 2.34. The standard InChI is InChI=1S/C15H33N/c1-6-9-10-14(8-3)12-15(4,11-7-2)13-16-5/h14,16H,6-13H2,1-5H3. The van der Waals surface area contributed by atoms with Crippen molar-refractivity contribution in [3.8, 4) is 0 Å². The Balaban J connectivity index is 4.21. The first-order chi connectivity index (χ1) is 7.61. The van der Waals surface area contributed by atoms with E-state index >= 15 is 0 Å². The van der Waals surface area contributed by atoms with E-state index in [9.17, 15) is 0 Å². The molecule has 0 radical (unpaired) electrons. The summed E-state index contributed by atoms with van der Waals surface area (Å²) in [5, 5.41) is 3.38. The summed E-state index contributed by atoms with van der Waals surface area (Å²) in [5.74, 6) is 0.935. The summed E-state index contributed by atoms with van der Waals surface area (Å²) < 4.78 is 0. The number of nitrogens with one attached hydrogen (secondary N) is 1. The van der Waals surface area contributed by atoms with Gasteiger partial charge in [0.05, 0.1) is 0 Å². The molecule has 0 rings (SSSR count). The molecule has 0 aromatic rings. The molecular weight excluding hydrogens is 194 g/mol. The van der Waals surface area contributed by atoms with E-state index in [0.29, 0.717) is 5.41 Å². The number of hydrogen-bond acceptors (Lipinski definition) is 1. The Bertz CT molecular complexity index is 148. The lowest BCUT2D eigenvalue weighted by Gasteiger charge is -2.33. The first-order valence-corrected chi connectivity index (χ1v) is 7.26. The van der Waals surface area contributed by atoms with Crippen LogP contribution in [-0.4, -0.2) is 13.6 Å². The largest absolute Gasteiger partial charge is 0.319 e. The Morgan fingerprint density at radius 2 is 1.81 bits per heavy atom. The van der Waals surface area contributed by atoms with Gasteiger partial charge >= 0.3 is 0 Å². The van der Waals surface area contributed by atoms with E-state index in [2.05, 4.69) is 40.1 Å². The Hall–Kier alpha value is -0.0400. The van der Waals surface area contributed by atoms with Gasteiger partial charge in [-0.15, -0.1) is 0 Å². The quantitative estimate of drug-likeness (QED) is 0.574.